The first kappa shape index (κ1) is 22.2. The molecule has 0 atom stereocenters. The van der Waals surface area contributed by atoms with E-state index in [2.05, 4.69) is 52.8 Å². The molecule has 1 N–H and O–H groups in total. The van der Waals surface area contributed by atoms with E-state index in [0.29, 0.717) is 11.8 Å². The van der Waals surface area contributed by atoms with E-state index in [1.807, 2.05) is 31.3 Å². The van der Waals surface area contributed by atoms with Gasteiger partial charge in [-0.1, -0.05) is 24.3 Å². The number of carbonyl (C=O) groups is 1. The molecule has 34 heavy (non-hydrogen) atoms. The molecule has 0 unspecified atom stereocenters. The standard InChI is InChI=1S/C26H25N5O2S/c1-16-11-17(2)13-20(12-16)33-10-6-9-30-15-19(21-7-4-5-8-23(21)30)14-22-24(27)31-26(28-25(22)32)34-18(3)29-31/h4-5,7-8,11-15,27H,6,9-10H2,1-3H3. The number of thioether (sulfide) groups is 1. The molecule has 0 bridgehead atoms. The summed E-state index contributed by atoms with van der Waals surface area (Å²) < 4.78 is 8.15. The van der Waals surface area contributed by atoms with Crippen LogP contribution < -0.4 is 4.74 Å². The number of hydrazone groups is 1. The number of amidine groups is 2. The monoisotopic (exact) mass is 471 g/mol. The van der Waals surface area contributed by atoms with E-state index in [-0.39, 0.29) is 11.4 Å². The number of hydrogen-bond acceptors (Lipinski definition) is 5. The van der Waals surface area contributed by atoms with Crippen LogP contribution in [0, 0.1) is 19.3 Å². The number of ether oxygens (including phenoxy) is 1. The highest BCUT2D eigenvalue weighted by atomic mass is 32.2. The summed E-state index contributed by atoms with van der Waals surface area (Å²) in [5, 5.41) is 16.5. The summed E-state index contributed by atoms with van der Waals surface area (Å²) in [6.45, 7) is 7.36. The normalized spacial score (nSPS) is 16.8. The van der Waals surface area contributed by atoms with E-state index >= 15 is 0 Å². The summed E-state index contributed by atoms with van der Waals surface area (Å²) in [6, 6.07) is 14.3. The van der Waals surface area contributed by atoms with Gasteiger partial charge in [-0.3, -0.25) is 10.2 Å². The molecule has 0 spiro atoms. The number of rotatable bonds is 6. The first-order chi connectivity index (χ1) is 16.4. The van der Waals surface area contributed by atoms with Gasteiger partial charge in [-0.15, -0.1) is 0 Å². The molecule has 1 amide bonds. The van der Waals surface area contributed by atoms with Crippen molar-refractivity contribution in [3.8, 4) is 5.75 Å². The lowest BCUT2D eigenvalue weighted by Crippen LogP contribution is -2.35. The second kappa shape index (κ2) is 8.95. The summed E-state index contributed by atoms with van der Waals surface area (Å²) in [4.78, 5) is 16.8. The highest BCUT2D eigenvalue weighted by Gasteiger charge is 2.34. The Morgan fingerprint density at radius 2 is 1.88 bits per heavy atom. The average molecular weight is 472 g/mol. The Morgan fingerprint density at radius 1 is 1.12 bits per heavy atom. The molecule has 2 aliphatic heterocycles. The smallest absolute Gasteiger partial charge is 0.283 e. The van der Waals surface area contributed by atoms with Gasteiger partial charge in [-0.25, -0.2) is 0 Å². The molecule has 172 valence electrons. The van der Waals surface area contributed by atoms with Gasteiger partial charge in [0.1, 0.15) is 5.75 Å². The molecule has 5 rings (SSSR count). The van der Waals surface area contributed by atoms with Crippen LogP contribution in [-0.2, 0) is 11.3 Å². The van der Waals surface area contributed by atoms with Crippen molar-refractivity contribution < 1.29 is 9.53 Å². The molecule has 3 aromatic rings. The van der Waals surface area contributed by atoms with Gasteiger partial charge in [0.05, 0.1) is 17.2 Å². The van der Waals surface area contributed by atoms with Crippen LogP contribution >= 0.6 is 11.8 Å². The third-order valence-electron chi connectivity index (χ3n) is 5.68. The highest BCUT2D eigenvalue weighted by Crippen LogP contribution is 2.30. The molecule has 0 saturated heterocycles. The second-order valence-electron chi connectivity index (χ2n) is 8.46. The number of aliphatic imine (C=N–C) groups is 1. The van der Waals surface area contributed by atoms with Gasteiger partial charge in [0.2, 0.25) is 5.17 Å². The predicted octanol–water partition coefficient (Wildman–Crippen LogP) is 5.37. The Bertz CT molecular complexity index is 1400. The Labute approximate surface area is 202 Å². The lowest BCUT2D eigenvalue weighted by Gasteiger charge is -2.20. The van der Waals surface area contributed by atoms with Crippen LogP contribution in [0.5, 0.6) is 5.75 Å². The zero-order valence-electron chi connectivity index (χ0n) is 19.3. The summed E-state index contributed by atoms with van der Waals surface area (Å²) in [7, 11) is 0. The van der Waals surface area contributed by atoms with Gasteiger partial charge >= 0.3 is 0 Å². The molecule has 2 aliphatic rings. The molecule has 1 aromatic heterocycles. The minimum atomic E-state index is -0.410. The van der Waals surface area contributed by atoms with Crippen LogP contribution in [0.3, 0.4) is 0 Å². The first-order valence-electron chi connectivity index (χ1n) is 11.1. The molecule has 3 heterocycles. The third-order valence-corrected chi connectivity index (χ3v) is 6.51. The minimum absolute atomic E-state index is 0.0537. The maximum Gasteiger partial charge on any atom is 0.283 e. The van der Waals surface area contributed by atoms with Crippen molar-refractivity contribution in [2.24, 2.45) is 10.1 Å². The van der Waals surface area contributed by atoms with E-state index in [1.54, 1.807) is 6.08 Å². The molecule has 8 heteroatoms. The second-order valence-corrected chi connectivity index (χ2v) is 9.62. The van der Waals surface area contributed by atoms with E-state index in [4.69, 9.17) is 10.1 Å². The average Bonchev–Trinajstić information content (AvgIpc) is 3.33. The van der Waals surface area contributed by atoms with Gasteiger partial charge in [0.15, 0.2) is 5.84 Å². The number of amides is 1. The van der Waals surface area contributed by atoms with Crippen molar-refractivity contribution >= 4 is 50.7 Å². The Kier molecular flexibility index (Phi) is 5.83. The molecule has 0 radical (unpaired) electrons. The Balaban J connectivity index is 1.37. The van der Waals surface area contributed by atoms with Crippen LogP contribution in [0.2, 0.25) is 0 Å². The van der Waals surface area contributed by atoms with Crippen molar-refractivity contribution in [1.82, 2.24) is 9.58 Å². The summed E-state index contributed by atoms with van der Waals surface area (Å²) in [5.41, 5.74) is 4.58. The molecule has 0 fully saturated rings. The molecule has 2 aromatic carbocycles. The van der Waals surface area contributed by atoms with Gasteiger partial charge in [-0.2, -0.15) is 15.1 Å². The fourth-order valence-electron chi connectivity index (χ4n) is 4.26. The number of carbonyl (C=O) groups excluding carboxylic acids is 1. The van der Waals surface area contributed by atoms with Crippen molar-refractivity contribution in [2.45, 2.75) is 33.7 Å². The third kappa shape index (κ3) is 4.28. The van der Waals surface area contributed by atoms with E-state index in [9.17, 15) is 4.79 Å². The van der Waals surface area contributed by atoms with Gasteiger partial charge in [0.25, 0.3) is 5.91 Å². The van der Waals surface area contributed by atoms with Crippen molar-refractivity contribution in [3.63, 3.8) is 0 Å². The van der Waals surface area contributed by atoms with Crippen LogP contribution in [0.15, 0.2) is 64.3 Å². The molecule has 0 saturated carbocycles. The van der Waals surface area contributed by atoms with Crippen molar-refractivity contribution in [1.29, 1.82) is 5.41 Å². The van der Waals surface area contributed by atoms with Crippen molar-refractivity contribution in [2.75, 3.05) is 6.61 Å². The number of aromatic nitrogens is 1. The van der Waals surface area contributed by atoms with Gasteiger partial charge in [0, 0.05) is 29.2 Å². The van der Waals surface area contributed by atoms with E-state index in [1.165, 1.54) is 27.9 Å². The lowest BCUT2D eigenvalue weighted by atomic mass is 10.1. The minimum Gasteiger partial charge on any atom is -0.494 e. The number of aryl methyl sites for hydroxylation is 3. The van der Waals surface area contributed by atoms with Gasteiger partial charge in [-0.05, 0) is 74.4 Å². The van der Waals surface area contributed by atoms with E-state index in [0.717, 1.165) is 40.2 Å². The Morgan fingerprint density at radius 3 is 2.68 bits per heavy atom. The predicted molar refractivity (Wildman–Crippen MR) is 139 cm³/mol. The topological polar surface area (TPSA) is 83.0 Å². The number of fused-ring (bicyclic) bond motifs is 2. The Hall–Kier alpha value is -3.65. The largest absolute Gasteiger partial charge is 0.494 e. The SMILES string of the molecule is CC1=NN2C(=N)C(=Cc3cn(CCCOc4cc(C)cc(C)c4)c4ccccc34)C(=O)N=C2S1. The summed E-state index contributed by atoms with van der Waals surface area (Å²) in [5.74, 6) is 0.540. The van der Waals surface area contributed by atoms with Crippen LogP contribution in [0.1, 0.15) is 30.0 Å². The maximum absolute atomic E-state index is 12.7. The van der Waals surface area contributed by atoms with Crippen LogP contribution in [-0.4, -0.2) is 38.1 Å². The fourth-order valence-corrected chi connectivity index (χ4v) is 4.99. The van der Waals surface area contributed by atoms with Crippen molar-refractivity contribution in [3.05, 3.63) is 70.9 Å². The maximum atomic E-state index is 12.7. The quantitative estimate of drug-likeness (QED) is 0.387. The molecule has 7 nitrogen and oxygen atoms in total. The number of benzene rings is 2. The fraction of sp³-hybridized carbons (Fsp3) is 0.231. The first-order valence-corrected chi connectivity index (χ1v) is 12.0. The molecular weight excluding hydrogens is 446 g/mol. The molecule has 0 aliphatic carbocycles. The van der Waals surface area contributed by atoms with Crippen LogP contribution in [0.25, 0.3) is 17.0 Å². The van der Waals surface area contributed by atoms with Gasteiger partial charge < -0.3 is 9.30 Å². The summed E-state index contributed by atoms with van der Waals surface area (Å²) in [6.07, 6.45) is 4.62. The lowest BCUT2D eigenvalue weighted by molar-refractivity contribution is -0.114. The van der Waals surface area contributed by atoms with Crippen LogP contribution in [0.4, 0.5) is 0 Å². The number of hydrogen-bond donors (Lipinski definition) is 1. The number of para-hydroxylation sites is 1. The zero-order valence-corrected chi connectivity index (χ0v) is 20.1. The number of nitrogens with zero attached hydrogens (tertiary/aromatic N) is 4. The zero-order chi connectivity index (χ0) is 23.8. The van der Waals surface area contributed by atoms with E-state index < -0.39 is 5.91 Å². The highest BCUT2D eigenvalue weighted by molar-refractivity contribution is 8.26. The summed E-state index contributed by atoms with van der Waals surface area (Å²) >= 11 is 1.30. The number of nitrogens with one attached hydrogen (secondary N) is 1. The molecular formula is C26H25N5O2S.